The van der Waals surface area contributed by atoms with Gasteiger partial charge in [0.25, 0.3) is 0 Å². The molecule has 0 N–H and O–H groups in total. The van der Waals surface area contributed by atoms with Crippen LogP contribution in [0.1, 0.15) is 20.8 Å². The smallest absolute Gasteiger partial charge is 0.166 e. The van der Waals surface area contributed by atoms with Crippen LogP contribution < -0.4 is 9.64 Å². The lowest BCUT2D eigenvalue weighted by Gasteiger charge is -2.21. The largest absolute Gasteiger partial charge is 0.488 e. The summed E-state index contributed by atoms with van der Waals surface area (Å²) in [5, 5.41) is 0. The maximum absolute atomic E-state index is 5.99. The minimum absolute atomic E-state index is 0.142. The minimum atomic E-state index is -0.190. The van der Waals surface area contributed by atoms with E-state index in [0.29, 0.717) is 0 Å². The predicted molar refractivity (Wildman–Crippen MR) is 116 cm³/mol. The van der Waals surface area contributed by atoms with Crippen molar-refractivity contribution < 1.29 is 4.74 Å². The Morgan fingerprint density at radius 2 is 1.15 bits per heavy atom. The van der Waals surface area contributed by atoms with Crippen molar-refractivity contribution in [3.8, 4) is 5.75 Å². The normalized spacial score (nSPS) is 12.5. The quantitative estimate of drug-likeness (QED) is 0.503. The number of nitrogens with zero attached hydrogens (tertiary/aromatic N) is 1. The molecule has 140 valence electrons. The monoisotopic (exact) mass is 378 g/mol. The fourth-order valence-electron chi connectivity index (χ4n) is 2.84. The number of rotatable bonds is 5. The number of benzene rings is 3. The van der Waals surface area contributed by atoms with Crippen molar-refractivity contribution in [3.63, 3.8) is 0 Å². The van der Waals surface area contributed by atoms with Gasteiger partial charge in [0, 0.05) is 19.8 Å². The summed E-state index contributed by atoms with van der Waals surface area (Å²) in [6.07, 6.45) is 0. The molecule has 0 saturated heterocycles. The van der Waals surface area contributed by atoms with Crippen LogP contribution in [0.25, 0.3) is 0 Å². The molecular weight excluding hydrogens is 350 g/mol. The highest BCUT2D eigenvalue weighted by Crippen LogP contribution is 2.33. The van der Waals surface area contributed by atoms with Crippen LogP contribution in [0.15, 0.2) is 93.5 Å². The molecule has 0 fully saturated rings. The molecule has 0 heterocycles. The first-order valence-electron chi connectivity index (χ1n) is 9.19. The summed E-state index contributed by atoms with van der Waals surface area (Å²) in [5.41, 5.74) is 1.02. The molecule has 1 atom stereocenters. The molecule has 0 bridgehead atoms. The lowest BCUT2D eigenvalue weighted by atomic mass is 10.2. The van der Waals surface area contributed by atoms with E-state index in [1.165, 1.54) is 20.4 Å². The molecule has 2 nitrogen and oxygen atoms in total. The van der Waals surface area contributed by atoms with Crippen molar-refractivity contribution in [2.24, 2.45) is 0 Å². The highest BCUT2D eigenvalue weighted by atomic mass is 32.2. The molecule has 0 amide bonds. The molecule has 3 aromatic rings. The molecule has 3 aromatic carbocycles. The van der Waals surface area contributed by atoms with Gasteiger partial charge in [-0.2, -0.15) is 0 Å². The minimum Gasteiger partial charge on any atom is -0.488 e. The van der Waals surface area contributed by atoms with Gasteiger partial charge < -0.3 is 9.64 Å². The zero-order chi connectivity index (χ0) is 19.4. The maximum Gasteiger partial charge on any atom is 0.166 e. The lowest BCUT2D eigenvalue weighted by molar-refractivity contribution is 0.131. The van der Waals surface area contributed by atoms with E-state index in [4.69, 9.17) is 4.74 Å². The third kappa shape index (κ3) is 5.08. The molecule has 0 spiro atoms. The zero-order valence-electron chi connectivity index (χ0n) is 16.8. The second-order valence-electron chi connectivity index (χ2n) is 7.69. The number of anilines is 1. The Hall–Kier alpha value is -2.39. The van der Waals surface area contributed by atoms with Crippen LogP contribution in [0.4, 0.5) is 5.69 Å². The molecular formula is C24H28NOS+. The van der Waals surface area contributed by atoms with Gasteiger partial charge in [-0.3, -0.25) is 0 Å². The van der Waals surface area contributed by atoms with Gasteiger partial charge in [0.05, 0.1) is 10.9 Å². The first kappa shape index (κ1) is 19.4. The van der Waals surface area contributed by atoms with Crippen LogP contribution in [0.2, 0.25) is 0 Å². The van der Waals surface area contributed by atoms with Gasteiger partial charge in [-0.15, -0.1) is 0 Å². The summed E-state index contributed by atoms with van der Waals surface area (Å²) in [6.45, 7) is 6.21. The van der Waals surface area contributed by atoms with Gasteiger partial charge in [-0.25, -0.2) is 0 Å². The summed E-state index contributed by atoms with van der Waals surface area (Å²) in [4.78, 5) is 6.05. The van der Waals surface area contributed by atoms with Crippen molar-refractivity contribution in [2.75, 3.05) is 19.0 Å². The molecule has 0 radical (unpaired) electrons. The third-order valence-electron chi connectivity index (χ3n) is 4.05. The second kappa shape index (κ2) is 8.10. The zero-order valence-corrected chi connectivity index (χ0v) is 17.6. The van der Waals surface area contributed by atoms with Crippen molar-refractivity contribution in [2.45, 2.75) is 41.1 Å². The summed E-state index contributed by atoms with van der Waals surface area (Å²) in [6, 6.07) is 28.1. The summed E-state index contributed by atoms with van der Waals surface area (Å²) >= 11 is 0. The van der Waals surface area contributed by atoms with E-state index in [2.05, 4.69) is 119 Å². The number of hydrogen-bond acceptors (Lipinski definition) is 2. The summed E-state index contributed by atoms with van der Waals surface area (Å²) in [5.74, 6) is 0.908. The molecule has 0 aliphatic carbocycles. The number of ether oxygens (including phenoxy) is 1. The van der Waals surface area contributed by atoms with Crippen LogP contribution >= 0.6 is 0 Å². The van der Waals surface area contributed by atoms with E-state index in [-0.39, 0.29) is 16.5 Å². The summed E-state index contributed by atoms with van der Waals surface area (Å²) in [7, 11) is 4.00. The van der Waals surface area contributed by atoms with Gasteiger partial charge >= 0.3 is 0 Å². The maximum atomic E-state index is 5.99. The van der Waals surface area contributed by atoms with Crippen molar-refractivity contribution in [1.82, 2.24) is 0 Å². The van der Waals surface area contributed by atoms with Crippen molar-refractivity contribution in [1.29, 1.82) is 0 Å². The van der Waals surface area contributed by atoms with E-state index >= 15 is 0 Å². The van der Waals surface area contributed by atoms with Gasteiger partial charge in [0.1, 0.15) is 11.4 Å². The third-order valence-corrected chi connectivity index (χ3v) is 6.28. The standard InChI is InChI=1S/C24H28NOS/c1-24(2,3)26-20-13-17-23(18-14-20)27(21-9-7-6-8-10-21)22-15-11-19(12-16-22)25(4)5/h6-18H,1-5H3/q+1. The Bertz CT molecular complexity index is 850. The average molecular weight is 379 g/mol. The Morgan fingerprint density at radius 3 is 1.63 bits per heavy atom. The molecule has 3 rings (SSSR count). The van der Waals surface area contributed by atoms with Crippen molar-refractivity contribution >= 4 is 16.6 Å². The highest BCUT2D eigenvalue weighted by molar-refractivity contribution is 7.97. The van der Waals surface area contributed by atoms with Gasteiger partial charge in [0.15, 0.2) is 14.7 Å². The molecule has 0 aromatic heterocycles. The molecule has 3 heteroatoms. The van der Waals surface area contributed by atoms with E-state index in [1.807, 2.05) is 0 Å². The van der Waals surface area contributed by atoms with Crippen LogP contribution in [0.5, 0.6) is 5.75 Å². The van der Waals surface area contributed by atoms with Gasteiger partial charge in [-0.1, -0.05) is 18.2 Å². The van der Waals surface area contributed by atoms with Crippen LogP contribution in [-0.2, 0) is 10.9 Å². The van der Waals surface area contributed by atoms with E-state index in [9.17, 15) is 0 Å². The van der Waals surface area contributed by atoms with Crippen LogP contribution in [-0.4, -0.2) is 19.7 Å². The second-order valence-corrected chi connectivity index (χ2v) is 9.72. The Labute approximate surface area is 166 Å². The van der Waals surface area contributed by atoms with E-state index in [1.54, 1.807) is 0 Å². The number of hydrogen-bond donors (Lipinski definition) is 0. The molecule has 0 saturated carbocycles. The molecule has 0 aliphatic rings. The van der Waals surface area contributed by atoms with Gasteiger partial charge in [-0.05, 0) is 81.4 Å². The fourth-order valence-corrected chi connectivity index (χ4v) is 4.90. The Morgan fingerprint density at radius 1 is 0.667 bits per heavy atom. The Balaban J connectivity index is 1.98. The first-order chi connectivity index (χ1) is 12.8. The SMILES string of the molecule is CN(C)c1ccc([S+](c2ccccc2)c2ccc(OC(C)(C)C)cc2)cc1. The molecule has 1 unspecified atom stereocenters. The summed E-state index contributed by atoms with van der Waals surface area (Å²) < 4.78 is 5.99. The van der Waals surface area contributed by atoms with Crippen LogP contribution in [0, 0.1) is 0 Å². The lowest BCUT2D eigenvalue weighted by Crippen LogP contribution is -2.22. The predicted octanol–water partition coefficient (Wildman–Crippen LogP) is 6.03. The van der Waals surface area contributed by atoms with E-state index < -0.39 is 0 Å². The molecule has 27 heavy (non-hydrogen) atoms. The fraction of sp³-hybridized carbons (Fsp3) is 0.250. The highest BCUT2D eigenvalue weighted by Gasteiger charge is 2.28. The topological polar surface area (TPSA) is 12.5 Å². The first-order valence-corrected chi connectivity index (χ1v) is 10.4. The molecule has 0 aliphatic heterocycles. The van der Waals surface area contributed by atoms with E-state index in [0.717, 1.165) is 5.75 Å². The Kier molecular flexibility index (Phi) is 5.81. The van der Waals surface area contributed by atoms with Crippen molar-refractivity contribution in [3.05, 3.63) is 78.9 Å². The van der Waals surface area contributed by atoms with Gasteiger partial charge in [0.2, 0.25) is 0 Å². The average Bonchev–Trinajstić information content (AvgIpc) is 2.63. The van der Waals surface area contributed by atoms with Crippen LogP contribution in [0.3, 0.4) is 0 Å².